The molecule has 0 amide bonds. The van der Waals surface area contributed by atoms with Crippen LogP contribution in [0, 0.1) is 20.8 Å². The fourth-order valence-electron chi connectivity index (χ4n) is 7.49. The average molecular weight is 725 g/mol. The van der Waals surface area contributed by atoms with Crippen molar-refractivity contribution in [1.29, 1.82) is 0 Å². The third-order valence-electron chi connectivity index (χ3n) is 11.0. The highest BCUT2D eigenvalue weighted by molar-refractivity contribution is 5.79. The molecule has 0 fully saturated rings. The Morgan fingerprint density at radius 1 is 0.509 bits per heavy atom. The van der Waals surface area contributed by atoms with Crippen LogP contribution in [0.25, 0.3) is 39.0 Å². The SMILES string of the molecule is CCC(C)c1ccc(-c2ccccc2)cc1-c1ccccc1C.CCC(C)c1ccc(-c2ccccc2)cc1C1=C(C)C=CCC1.Cc1cc(C)cc(O)c1. The van der Waals surface area contributed by atoms with Gasteiger partial charge in [-0.25, -0.2) is 0 Å². The summed E-state index contributed by atoms with van der Waals surface area (Å²) in [5.74, 6) is 1.52. The number of benzene rings is 6. The number of phenols is 1. The van der Waals surface area contributed by atoms with Crippen LogP contribution in [-0.2, 0) is 0 Å². The molecule has 0 aromatic heterocycles. The summed E-state index contributed by atoms with van der Waals surface area (Å²) < 4.78 is 0. The molecule has 55 heavy (non-hydrogen) atoms. The maximum Gasteiger partial charge on any atom is 0.116 e. The Morgan fingerprint density at radius 3 is 1.49 bits per heavy atom. The number of phenolic OH excluding ortho intramolecular Hbond substituents is 1. The molecule has 1 nitrogen and oxygen atoms in total. The van der Waals surface area contributed by atoms with E-state index in [1.54, 1.807) is 12.1 Å². The number of rotatable bonds is 8. The molecule has 0 aliphatic heterocycles. The summed E-state index contributed by atoms with van der Waals surface area (Å²) in [5, 5.41) is 8.99. The van der Waals surface area contributed by atoms with E-state index in [9.17, 15) is 0 Å². The third-order valence-corrected chi connectivity index (χ3v) is 11.0. The molecule has 282 valence electrons. The quantitative estimate of drug-likeness (QED) is 0.166. The lowest BCUT2D eigenvalue weighted by Crippen LogP contribution is -2.02. The van der Waals surface area contributed by atoms with Gasteiger partial charge in [0.2, 0.25) is 0 Å². The molecule has 1 N–H and O–H groups in total. The van der Waals surface area contributed by atoms with Crippen molar-refractivity contribution in [3.63, 3.8) is 0 Å². The fraction of sp³-hybridized carbons (Fsp3) is 0.259. The summed E-state index contributed by atoms with van der Waals surface area (Å²) in [4.78, 5) is 0. The van der Waals surface area contributed by atoms with E-state index >= 15 is 0 Å². The van der Waals surface area contributed by atoms with E-state index in [-0.39, 0.29) is 0 Å². The Morgan fingerprint density at radius 2 is 1.00 bits per heavy atom. The molecule has 2 unspecified atom stereocenters. The Bertz CT molecular complexity index is 2150. The normalized spacial score (nSPS) is 13.2. The molecule has 0 spiro atoms. The molecule has 0 radical (unpaired) electrons. The van der Waals surface area contributed by atoms with Crippen molar-refractivity contribution in [3.05, 3.63) is 191 Å². The number of hydrogen-bond acceptors (Lipinski definition) is 1. The minimum Gasteiger partial charge on any atom is -0.508 e. The average Bonchev–Trinajstić information content (AvgIpc) is 3.21. The maximum absolute atomic E-state index is 8.99. The molecule has 0 bridgehead atoms. The molecular weight excluding hydrogens is 665 g/mol. The molecule has 1 aliphatic rings. The van der Waals surface area contributed by atoms with Gasteiger partial charge in [-0.15, -0.1) is 0 Å². The topological polar surface area (TPSA) is 20.2 Å². The van der Waals surface area contributed by atoms with Gasteiger partial charge in [0.05, 0.1) is 0 Å². The van der Waals surface area contributed by atoms with Crippen LogP contribution in [0.2, 0.25) is 0 Å². The van der Waals surface area contributed by atoms with Crippen LogP contribution < -0.4 is 0 Å². The van der Waals surface area contributed by atoms with Crippen LogP contribution in [0.1, 0.15) is 106 Å². The second-order valence-electron chi connectivity index (χ2n) is 15.2. The van der Waals surface area contributed by atoms with Gasteiger partial charge >= 0.3 is 0 Å². The number of aryl methyl sites for hydroxylation is 3. The van der Waals surface area contributed by atoms with Crippen LogP contribution in [-0.4, -0.2) is 5.11 Å². The van der Waals surface area contributed by atoms with Gasteiger partial charge in [-0.3, -0.25) is 0 Å². The van der Waals surface area contributed by atoms with Crippen LogP contribution in [0.15, 0.2) is 157 Å². The van der Waals surface area contributed by atoms with E-state index < -0.39 is 0 Å². The second-order valence-corrected chi connectivity index (χ2v) is 15.2. The van der Waals surface area contributed by atoms with Gasteiger partial charge in [-0.1, -0.05) is 155 Å². The lowest BCUT2D eigenvalue weighted by atomic mass is 9.83. The first-order valence-corrected chi connectivity index (χ1v) is 20.2. The fourth-order valence-corrected chi connectivity index (χ4v) is 7.49. The zero-order valence-electron chi connectivity index (χ0n) is 34.4. The smallest absolute Gasteiger partial charge is 0.116 e. The monoisotopic (exact) mass is 724 g/mol. The molecule has 1 heteroatoms. The molecule has 6 aromatic carbocycles. The van der Waals surface area contributed by atoms with Crippen molar-refractivity contribution in [2.24, 2.45) is 0 Å². The standard InChI is InChI=1S/C23H26.C23H24.C8H10O/c2*1-4-17(2)22-15-14-20(19-11-6-5-7-12-19)16-23(22)21-13-9-8-10-18(21)3;1-6-3-7(2)5-8(9)4-6/h5-8,10-12,14-17H,4,9,13H2,1-3H3;5-17H,4H2,1-3H3;3-5,9H,1-2H3. The maximum atomic E-state index is 8.99. The van der Waals surface area contributed by atoms with Gasteiger partial charge in [-0.05, 0) is 167 Å². The lowest BCUT2D eigenvalue weighted by molar-refractivity contribution is 0.474. The van der Waals surface area contributed by atoms with Gasteiger partial charge in [0.15, 0.2) is 0 Å². The largest absolute Gasteiger partial charge is 0.508 e. The summed E-state index contributed by atoms with van der Waals surface area (Å²) in [5.41, 5.74) is 18.8. The van der Waals surface area contributed by atoms with E-state index in [4.69, 9.17) is 5.11 Å². The van der Waals surface area contributed by atoms with Gasteiger partial charge in [0, 0.05) is 0 Å². The van der Waals surface area contributed by atoms with Crippen molar-refractivity contribution < 1.29 is 5.11 Å². The molecule has 7 rings (SSSR count). The molecule has 0 heterocycles. The van der Waals surface area contributed by atoms with Gasteiger partial charge in [-0.2, -0.15) is 0 Å². The zero-order chi connectivity index (χ0) is 39.3. The van der Waals surface area contributed by atoms with Crippen molar-refractivity contribution in [2.45, 2.75) is 92.9 Å². The number of allylic oxidation sites excluding steroid dienone is 4. The van der Waals surface area contributed by atoms with Crippen LogP contribution in [0.3, 0.4) is 0 Å². The second kappa shape index (κ2) is 19.8. The zero-order valence-corrected chi connectivity index (χ0v) is 34.4. The van der Waals surface area contributed by atoms with Crippen LogP contribution in [0.4, 0.5) is 0 Å². The molecule has 0 saturated carbocycles. The highest BCUT2D eigenvalue weighted by Gasteiger charge is 2.17. The van der Waals surface area contributed by atoms with E-state index in [0.29, 0.717) is 17.6 Å². The van der Waals surface area contributed by atoms with Crippen molar-refractivity contribution in [3.8, 4) is 39.1 Å². The van der Waals surface area contributed by atoms with E-state index in [1.807, 2.05) is 19.9 Å². The summed E-state index contributed by atoms with van der Waals surface area (Å²) in [6.07, 6.45) is 9.23. The van der Waals surface area contributed by atoms with E-state index in [1.165, 1.54) is 73.2 Å². The lowest BCUT2D eigenvalue weighted by Gasteiger charge is -2.21. The van der Waals surface area contributed by atoms with Gasteiger partial charge in [0.25, 0.3) is 0 Å². The number of aromatic hydroxyl groups is 1. The summed E-state index contributed by atoms with van der Waals surface area (Å²) >= 11 is 0. The Balaban J connectivity index is 0.000000173. The highest BCUT2D eigenvalue weighted by atomic mass is 16.3. The van der Waals surface area contributed by atoms with Crippen LogP contribution in [0.5, 0.6) is 5.75 Å². The Labute approximate surface area is 332 Å². The molecule has 6 aromatic rings. The summed E-state index contributed by atoms with van der Waals surface area (Å²) in [6, 6.07) is 49.5. The Kier molecular flexibility index (Phi) is 14.7. The van der Waals surface area contributed by atoms with E-state index in [0.717, 1.165) is 30.4 Å². The summed E-state index contributed by atoms with van der Waals surface area (Å²) in [6.45, 7) is 17.6. The first kappa shape index (κ1) is 40.8. The molecule has 2 atom stereocenters. The predicted octanol–water partition coefficient (Wildman–Crippen LogP) is 15.8. The van der Waals surface area contributed by atoms with Crippen molar-refractivity contribution in [1.82, 2.24) is 0 Å². The molecule has 1 aliphatic carbocycles. The van der Waals surface area contributed by atoms with Crippen molar-refractivity contribution >= 4 is 5.57 Å². The predicted molar refractivity (Wildman–Crippen MR) is 240 cm³/mol. The van der Waals surface area contributed by atoms with E-state index in [2.05, 4.69) is 175 Å². The van der Waals surface area contributed by atoms with Crippen LogP contribution >= 0.6 is 0 Å². The molecule has 0 saturated heterocycles. The molecular formula is C54H60O. The highest BCUT2D eigenvalue weighted by Crippen LogP contribution is 2.38. The van der Waals surface area contributed by atoms with Gasteiger partial charge < -0.3 is 5.11 Å². The van der Waals surface area contributed by atoms with Gasteiger partial charge in [0.1, 0.15) is 5.75 Å². The minimum absolute atomic E-state index is 0.354. The Hall–Kier alpha value is -5.40. The third kappa shape index (κ3) is 10.9. The van der Waals surface area contributed by atoms with Crippen molar-refractivity contribution in [2.75, 3.05) is 0 Å². The number of hydrogen-bond donors (Lipinski definition) is 1. The first-order chi connectivity index (χ1) is 26.6. The minimum atomic E-state index is 0.354. The first-order valence-electron chi connectivity index (χ1n) is 20.2. The summed E-state index contributed by atoms with van der Waals surface area (Å²) in [7, 11) is 0.